The Balaban J connectivity index is 1.65. The molecule has 0 aliphatic carbocycles. The monoisotopic (exact) mass is 497 g/mol. The molecule has 0 saturated carbocycles. The van der Waals surface area contributed by atoms with Crippen LogP contribution in [0.15, 0.2) is 30.3 Å². The van der Waals surface area contributed by atoms with Crippen molar-refractivity contribution in [2.24, 2.45) is 0 Å². The highest BCUT2D eigenvalue weighted by Gasteiger charge is 2.24. The number of nitrogens with zero attached hydrogens (tertiary/aromatic N) is 3. The second kappa shape index (κ2) is 10.0. The number of rotatable bonds is 6. The summed E-state index contributed by atoms with van der Waals surface area (Å²) in [7, 11) is 0. The van der Waals surface area contributed by atoms with Gasteiger partial charge in [0.15, 0.2) is 5.13 Å². The standard InChI is InChI=1S/C22H22Cl3N3O2S/c1-14-3-5-18(25)20-19(14)26-22(31-20)28(8-2-7-27-9-11-30-12-10-27)21(29)16-13-15(23)4-6-17(16)24/h3-6,13H,2,7-12H2,1H3. The van der Waals surface area contributed by atoms with Crippen LogP contribution in [0.5, 0.6) is 0 Å². The van der Waals surface area contributed by atoms with E-state index in [0.29, 0.717) is 32.3 Å². The van der Waals surface area contributed by atoms with Gasteiger partial charge in [0.05, 0.1) is 39.0 Å². The molecule has 1 saturated heterocycles. The van der Waals surface area contributed by atoms with Crippen molar-refractivity contribution >= 4 is 67.4 Å². The molecule has 0 radical (unpaired) electrons. The highest BCUT2D eigenvalue weighted by Crippen LogP contribution is 2.36. The fourth-order valence-electron chi connectivity index (χ4n) is 3.57. The summed E-state index contributed by atoms with van der Waals surface area (Å²) >= 11 is 20.3. The highest BCUT2D eigenvalue weighted by molar-refractivity contribution is 7.23. The van der Waals surface area contributed by atoms with Crippen molar-refractivity contribution in [2.45, 2.75) is 13.3 Å². The molecule has 0 atom stereocenters. The van der Waals surface area contributed by atoms with Gasteiger partial charge in [-0.05, 0) is 43.2 Å². The number of benzene rings is 2. The number of carbonyl (C=O) groups is 1. The number of fused-ring (bicyclic) bond motifs is 1. The van der Waals surface area contributed by atoms with Crippen LogP contribution >= 0.6 is 46.1 Å². The second-order valence-corrected chi connectivity index (χ2v) is 9.66. The van der Waals surface area contributed by atoms with Crippen molar-refractivity contribution in [1.29, 1.82) is 0 Å². The Morgan fingerprint density at radius 2 is 1.90 bits per heavy atom. The number of amides is 1. The molecule has 0 bridgehead atoms. The lowest BCUT2D eigenvalue weighted by Crippen LogP contribution is -2.39. The van der Waals surface area contributed by atoms with E-state index in [1.807, 2.05) is 19.1 Å². The lowest BCUT2D eigenvalue weighted by Gasteiger charge is -2.27. The lowest BCUT2D eigenvalue weighted by molar-refractivity contribution is 0.0376. The molecule has 0 spiro atoms. The number of halogens is 3. The van der Waals surface area contributed by atoms with E-state index in [4.69, 9.17) is 44.5 Å². The number of aryl methyl sites for hydroxylation is 1. The number of morpholine rings is 1. The molecule has 164 valence electrons. The second-order valence-electron chi connectivity index (χ2n) is 7.43. The molecule has 1 amide bonds. The van der Waals surface area contributed by atoms with Crippen molar-refractivity contribution in [3.63, 3.8) is 0 Å². The van der Waals surface area contributed by atoms with E-state index in [0.717, 1.165) is 55.0 Å². The third-order valence-electron chi connectivity index (χ3n) is 5.28. The van der Waals surface area contributed by atoms with E-state index in [9.17, 15) is 4.79 Å². The van der Waals surface area contributed by atoms with E-state index in [1.165, 1.54) is 11.3 Å². The maximum atomic E-state index is 13.5. The quantitative estimate of drug-likeness (QED) is 0.422. The zero-order valence-corrected chi connectivity index (χ0v) is 20.1. The predicted molar refractivity (Wildman–Crippen MR) is 129 cm³/mol. The van der Waals surface area contributed by atoms with Crippen LogP contribution < -0.4 is 4.90 Å². The van der Waals surface area contributed by atoms with Crippen LogP contribution in [0.2, 0.25) is 15.1 Å². The van der Waals surface area contributed by atoms with Gasteiger partial charge in [-0.1, -0.05) is 52.2 Å². The Kier molecular flexibility index (Phi) is 7.37. The molecule has 5 nitrogen and oxygen atoms in total. The average molecular weight is 499 g/mol. The molecule has 9 heteroatoms. The van der Waals surface area contributed by atoms with E-state index in [2.05, 4.69) is 4.90 Å². The van der Waals surface area contributed by atoms with Gasteiger partial charge >= 0.3 is 0 Å². The normalized spacial score (nSPS) is 14.8. The van der Waals surface area contributed by atoms with Crippen molar-refractivity contribution in [1.82, 2.24) is 9.88 Å². The summed E-state index contributed by atoms with van der Waals surface area (Å²) in [6.45, 7) is 6.68. The van der Waals surface area contributed by atoms with E-state index in [1.54, 1.807) is 23.1 Å². The summed E-state index contributed by atoms with van der Waals surface area (Å²) in [6.07, 6.45) is 0.798. The number of aromatic nitrogens is 1. The van der Waals surface area contributed by atoms with Gasteiger partial charge in [-0.3, -0.25) is 14.6 Å². The molecular formula is C22H22Cl3N3O2S. The fraction of sp³-hybridized carbons (Fsp3) is 0.364. The van der Waals surface area contributed by atoms with E-state index >= 15 is 0 Å². The number of hydrogen-bond donors (Lipinski definition) is 0. The highest BCUT2D eigenvalue weighted by atomic mass is 35.5. The number of ether oxygens (including phenoxy) is 1. The minimum absolute atomic E-state index is 0.220. The van der Waals surface area contributed by atoms with Crippen LogP contribution in [0.1, 0.15) is 22.3 Å². The van der Waals surface area contributed by atoms with Gasteiger partial charge in [-0.2, -0.15) is 0 Å². The van der Waals surface area contributed by atoms with Crippen LogP contribution in [-0.4, -0.2) is 55.2 Å². The number of hydrogen-bond acceptors (Lipinski definition) is 5. The third kappa shape index (κ3) is 5.16. The topological polar surface area (TPSA) is 45.7 Å². The first-order valence-electron chi connectivity index (χ1n) is 10.1. The summed E-state index contributed by atoms with van der Waals surface area (Å²) in [5, 5.41) is 2.06. The molecule has 1 aliphatic rings. The smallest absolute Gasteiger partial charge is 0.261 e. The van der Waals surface area contributed by atoms with Crippen molar-refractivity contribution in [2.75, 3.05) is 44.3 Å². The van der Waals surface area contributed by atoms with Gasteiger partial charge in [-0.25, -0.2) is 4.98 Å². The van der Waals surface area contributed by atoms with Crippen molar-refractivity contribution in [3.05, 3.63) is 56.5 Å². The molecule has 2 aromatic carbocycles. The summed E-state index contributed by atoms with van der Waals surface area (Å²) in [5.41, 5.74) is 2.20. The summed E-state index contributed by atoms with van der Waals surface area (Å²) in [4.78, 5) is 22.3. The largest absolute Gasteiger partial charge is 0.379 e. The fourth-order valence-corrected chi connectivity index (χ4v) is 5.29. The Bertz CT molecular complexity index is 1060. The predicted octanol–water partition coefficient (Wildman–Crippen LogP) is 5.93. The molecule has 2 heterocycles. The van der Waals surface area contributed by atoms with Gasteiger partial charge in [-0.15, -0.1) is 0 Å². The zero-order valence-electron chi connectivity index (χ0n) is 17.0. The minimum Gasteiger partial charge on any atom is -0.379 e. The van der Waals surface area contributed by atoms with Crippen LogP contribution in [-0.2, 0) is 4.74 Å². The van der Waals surface area contributed by atoms with Gasteiger partial charge in [0.1, 0.15) is 0 Å². The molecule has 0 N–H and O–H groups in total. The number of anilines is 1. The first-order chi connectivity index (χ1) is 14.9. The summed E-state index contributed by atoms with van der Waals surface area (Å²) < 4.78 is 6.29. The van der Waals surface area contributed by atoms with Crippen molar-refractivity contribution < 1.29 is 9.53 Å². The molecule has 3 aromatic rings. The molecule has 1 fully saturated rings. The number of thiazole rings is 1. The lowest BCUT2D eigenvalue weighted by atomic mass is 10.2. The van der Waals surface area contributed by atoms with Crippen molar-refractivity contribution in [3.8, 4) is 0 Å². The maximum absolute atomic E-state index is 13.5. The summed E-state index contributed by atoms with van der Waals surface area (Å²) in [5.74, 6) is -0.220. The van der Waals surface area contributed by atoms with Gasteiger partial charge in [0, 0.05) is 31.2 Å². The Hall–Kier alpha value is -1.41. The van der Waals surface area contributed by atoms with E-state index in [-0.39, 0.29) is 5.91 Å². The zero-order chi connectivity index (χ0) is 22.0. The first-order valence-corrected chi connectivity index (χ1v) is 12.0. The minimum atomic E-state index is -0.220. The van der Waals surface area contributed by atoms with Crippen LogP contribution in [0.4, 0.5) is 5.13 Å². The van der Waals surface area contributed by atoms with Crippen LogP contribution in [0.25, 0.3) is 10.2 Å². The van der Waals surface area contributed by atoms with E-state index < -0.39 is 0 Å². The molecular weight excluding hydrogens is 477 g/mol. The maximum Gasteiger partial charge on any atom is 0.261 e. The van der Waals surface area contributed by atoms with Crippen LogP contribution in [0, 0.1) is 6.92 Å². The molecule has 4 rings (SSSR count). The molecule has 1 aromatic heterocycles. The SMILES string of the molecule is Cc1ccc(Cl)c2sc(N(CCCN3CCOCC3)C(=O)c3cc(Cl)ccc3Cl)nc12. The van der Waals surface area contributed by atoms with Gasteiger partial charge < -0.3 is 4.74 Å². The number of carbonyl (C=O) groups excluding carboxylic acids is 1. The first kappa shape index (κ1) is 22.8. The van der Waals surface area contributed by atoms with Gasteiger partial charge in [0.25, 0.3) is 5.91 Å². The van der Waals surface area contributed by atoms with Crippen LogP contribution in [0.3, 0.4) is 0 Å². The van der Waals surface area contributed by atoms with Gasteiger partial charge in [0.2, 0.25) is 0 Å². The molecule has 1 aliphatic heterocycles. The third-order valence-corrected chi connectivity index (χ3v) is 7.38. The summed E-state index contributed by atoms with van der Waals surface area (Å²) in [6, 6.07) is 8.71. The Morgan fingerprint density at radius 3 is 2.65 bits per heavy atom. The average Bonchev–Trinajstić information content (AvgIpc) is 3.22. The Labute approximate surface area is 200 Å². The molecule has 0 unspecified atom stereocenters. The Morgan fingerprint density at radius 1 is 1.16 bits per heavy atom. The molecule has 31 heavy (non-hydrogen) atoms.